The van der Waals surface area contributed by atoms with Crippen LogP contribution in [0.5, 0.6) is 0 Å². The zero-order valence-electron chi connectivity index (χ0n) is 10.9. The largest absolute Gasteiger partial charge is 0.342 e. The Morgan fingerprint density at radius 2 is 2.22 bits per heavy atom. The van der Waals surface area contributed by atoms with Gasteiger partial charge >= 0.3 is 0 Å². The van der Waals surface area contributed by atoms with E-state index < -0.39 is 5.54 Å². The minimum Gasteiger partial charge on any atom is -0.342 e. The van der Waals surface area contributed by atoms with Gasteiger partial charge in [0.05, 0.1) is 0 Å². The number of aromatic nitrogens is 2. The highest BCUT2D eigenvalue weighted by Gasteiger charge is 2.40. The summed E-state index contributed by atoms with van der Waals surface area (Å²) >= 11 is 0. The predicted octanol–water partition coefficient (Wildman–Crippen LogP) is 0.442. The van der Waals surface area contributed by atoms with Gasteiger partial charge < -0.3 is 5.32 Å². The van der Waals surface area contributed by atoms with Gasteiger partial charge in [0.25, 0.3) is 5.91 Å². The first-order valence-electron chi connectivity index (χ1n) is 6.09. The van der Waals surface area contributed by atoms with Crippen LogP contribution in [0.15, 0.2) is 12.3 Å². The van der Waals surface area contributed by atoms with Crippen molar-refractivity contribution in [3.05, 3.63) is 12.3 Å². The van der Waals surface area contributed by atoms with Gasteiger partial charge in [-0.1, -0.05) is 6.92 Å². The fraction of sp³-hybridized carbons (Fsp3) is 0.583. The quantitative estimate of drug-likeness (QED) is 0.828. The molecule has 1 aliphatic heterocycles. The summed E-state index contributed by atoms with van der Waals surface area (Å²) in [5.74, 6) is 0.402. The maximum Gasteiger partial charge on any atom is 0.253 e. The Morgan fingerprint density at radius 1 is 1.50 bits per heavy atom. The molecule has 0 spiro atoms. The topological polar surface area (TPSA) is 67.2 Å². The molecule has 0 radical (unpaired) electrons. The van der Waals surface area contributed by atoms with Crippen LogP contribution in [0.4, 0.5) is 5.82 Å². The van der Waals surface area contributed by atoms with Crippen molar-refractivity contribution in [1.82, 2.24) is 15.1 Å². The van der Waals surface area contributed by atoms with Gasteiger partial charge in [-0.2, -0.15) is 5.10 Å². The van der Waals surface area contributed by atoms with Crippen LogP contribution in [0.2, 0.25) is 0 Å². The van der Waals surface area contributed by atoms with Crippen LogP contribution >= 0.6 is 0 Å². The molecule has 1 atom stereocenters. The third kappa shape index (κ3) is 2.10. The summed E-state index contributed by atoms with van der Waals surface area (Å²) in [4.78, 5) is 25.8. The van der Waals surface area contributed by atoms with E-state index in [9.17, 15) is 9.59 Å². The zero-order valence-corrected chi connectivity index (χ0v) is 10.9. The molecule has 1 saturated heterocycles. The zero-order chi connectivity index (χ0) is 13.3. The van der Waals surface area contributed by atoms with E-state index in [1.54, 1.807) is 35.8 Å². The number of nitrogens with one attached hydrogen (secondary N) is 1. The fourth-order valence-electron chi connectivity index (χ4n) is 2.04. The molecule has 2 heterocycles. The minimum atomic E-state index is -0.842. The van der Waals surface area contributed by atoms with Crippen LogP contribution in [-0.4, -0.2) is 33.7 Å². The fourth-order valence-corrected chi connectivity index (χ4v) is 2.04. The lowest BCUT2D eigenvalue weighted by Gasteiger charge is -2.30. The summed E-state index contributed by atoms with van der Waals surface area (Å²) < 4.78 is 1.64. The van der Waals surface area contributed by atoms with E-state index >= 15 is 0 Å². The first-order valence-corrected chi connectivity index (χ1v) is 6.09. The van der Waals surface area contributed by atoms with Gasteiger partial charge in [0.1, 0.15) is 5.54 Å². The highest BCUT2D eigenvalue weighted by Crippen LogP contribution is 2.22. The smallest absolute Gasteiger partial charge is 0.253 e. The van der Waals surface area contributed by atoms with Gasteiger partial charge in [0, 0.05) is 32.3 Å². The van der Waals surface area contributed by atoms with Crippen LogP contribution in [0.3, 0.4) is 0 Å². The Kier molecular flexibility index (Phi) is 3.11. The SMILES string of the molecule is CCC1(C)NC(=O)CCN(c2ccn(C)n2)C1=O. The molecule has 98 valence electrons. The molecule has 0 saturated carbocycles. The first kappa shape index (κ1) is 12.6. The van der Waals surface area contributed by atoms with Crippen molar-refractivity contribution in [2.75, 3.05) is 11.4 Å². The van der Waals surface area contributed by atoms with E-state index in [0.29, 0.717) is 25.2 Å². The number of carbonyl (C=O) groups is 2. The molecular weight excluding hydrogens is 232 g/mol. The normalized spacial score (nSPS) is 24.9. The Hall–Kier alpha value is -1.85. The first-order chi connectivity index (χ1) is 8.46. The third-order valence-electron chi connectivity index (χ3n) is 3.38. The van der Waals surface area contributed by atoms with Gasteiger partial charge in [0.2, 0.25) is 5.91 Å². The van der Waals surface area contributed by atoms with Crippen molar-refractivity contribution in [3.63, 3.8) is 0 Å². The van der Waals surface area contributed by atoms with Crippen molar-refractivity contribution in [2.24, 2.45) is 7.05 Å². The van der Waals surface area contributed by atoms with Crippen LogP contribution < -0.4 is 10.2 Å². The van der Waals surface area contributed by atoms with E-state index in [1.165, 1.54) is 0 Å². The molecule has 1 aromatic rings. The van der Waals surface area contributed by atoms with Gasteiger partial charge in [-0.15, -0.1) is 0 Å². The molecule has 6 heteroatoms. The molecule has 18 heavy (non-hydrogen) atoms. The lowest BCUT2D eigenvalue weighted by Crippen LogP contribution is -2.54. The van der Waals surface area contributed by atoms with E-state index in [-0.39, 0.29) is 11.8 Å². The second-order valence-corrected chi connectivity index (χ2v) is 4.79. The summed E-state index contributed by atoms with van der Waals surface area (Å²) in [5.41, 5.74) is -0.842. The van der Waals surface area contributed by atoms with Crippen molar-refractivity contribution >= 4 is 17.6 Å². The Balaban J connectivity index is 2.35. The van der Waals surface area contributed by atoms with Crippen molar-refractivity contribution < 1.29 is 9.59 Å². The van der Waals surface area contributed by atoms with E-state index in [1.807, 2.05) is 6.92 Å². The molecule has 1 unspecified atom stereocenters. The Bertz CT molecular complexity index is 482. The molecule has 1 aromatic heterocycles. The average molecular weight is 250 g/mol. The number of hydrogen-bond acceptors (Lipinski definition) is 3. The molecule has 0 aromatic carbocycles. The lowest BCUT2D eigenvalue weighted by molar-refractivity contribution is -0.129. The maximum absolute atomic E-state index is 12.5. The van der Waals surface area contributed by atoms with E-state index in [0.717, 1.165) is 0 Å². The summed E-state index contributed by atoms with van der Waals surface area (Å²) in [7, 11) is 1.80. The van der Waals surface area contributed by atoms with Gasteiger partial charge in [-0.25, -0.2) is 0 Å². The molecule has 1 N–H and O–H groups in total. The molecule has 0 aliphatic carbocycles. The molecule has 2 amide bonds. The lowest BCUT2D eigenvalue weighted by atomic mass is 9.97. The summed E-state index contributed by atoms with van der Waals surface area (Å²) in [6.45, 7) is 4.02. The second kappa shape index (κ2) is 4.44. The molecule has 0 bridgehead atoms. The summed E-state index contributed by atoms with van der Waals surface area (Å²) in [5, 5.41) is 7.03. The van der Waals surface area contributed by atoms with E-state index in [2.05, 4.69) is 10.4 Å². The Labute approximate surface area is 106 Å². The van der Waals surface area contributed by atoms with Crippen LogP contribution in [0, 0.1) is 0 Å². The number of rotatable bonds is 2. The third-order valence-corrected chi connectivity index (χ3v) is 3.38. The Morgan fingerprint density at radius 3 is 2.78 bits per heavy atom. The van der Waals surface area contributed by atoms with Crippen molar-refractivity contribution in [1.29, 1.82) is 0 Å². The molecule has 1 aliphatic rings. The van der Waals surface area contributed by atoms with Crippen molar-refractivity contribution in [3.8, 4) is 0 Å². The number of hydrogen-bond donors (Lipinski definition) is 1. The van der Waals surface area contributed by atoms with Crippen LogP contribution in [-0.2, 0) is 16.6 Å². The highest BCUT2D eigenvalue weighted by molar-refractivity contribution is 6.03. The van der Waals surface area contributed by atoms with Gasteiger partial charge in [-0.3, -0.25) is 19.2 Å². The highest BCUT2D eigenvalue weighted by atomic mass is 16.2. The van der Waals surface area contributed by atoms with Crippen molar-refractivity contribution in [2.45, 2.75) is 32.2 Å². The molecule has 1 fully saturated rings. The monoisotopic (exact) mass is 250 g/mol. The number of aryl methyl sites for hydroxylation is 1. The second-order valence-electron chi connectivity index (χ2n) is 4.79. The van der Waals surface area contributed by atoms with E-state index in [4.69, 9.17) is 0 Å². The summed E-state index contributed by atoms with van der Waals surface area (Å²) in [6.07, 6.45) is 2.64. The van der Waals surface area contributed by atoms with Gasteiger partial charge in [0.15, 0.2) is 5.82 Å². The number of anilines is 1. The molecule has 2 rings (SSSR count). The van der Waals surface area contributed by atoms with Gasteiger partial charge in [-0.05, 0) is 13.3 Å². The van der Waals surface area contributed by atoms with Crippen LogP contribution in [0.25, 0.3) is 0 Å². The number of nitrogens with zero attached hydrogens (tertiary/aromatic N) is 3. The predicted molar refractivity (Wildman–Crippen MR) is 67.0 cm³/mol. The standard InChI is InChI=1S/C12H18N4O2/c1-4-12(2)11(18)16(8-6-10(17)13-12)9-5-7-15(3)14-9/h5,7H,4,6,8H2,1-3H3,(H,13,17). The van der Waals surface area contributed by atoms with Crippen LogP contribution in [0.1, 0.15) is 26.7 Å². The average Bonchev–Trinajstić information content (AvgIpc) is 2.71. The minimum absolute atomic E-state index is 0.0915. The summed E-state index contributed by atoms with van der Waals surface area (Å²) in [6, 6.07) is 1.78. The molecular formula is C12H18N4O2. The number of carbonyl (C=O) groups excluding carboxylic acids is 2. The molecule has 6 nitrogen and oxygen atoms in total. The maximum atomic E-state index is 12.5. The number of amides is 2.